The molecule has 0 radical (unpaired) electrons. The van der Waals surface area contributed by atoms with Crippen LogP contribution in [0.1, 0.15) is 30.9 Å². The van der Waals surface area contributed by atoms with Gasteiger partial charge in [0.25, 0.3) is 0 Å². The average Bonchev–Trinajstić information content (AvgIpc) is 3.12. The first-order valence-electron chi connectivity index (χ1n) is 6.95. The van der Waals surface area contributed by atoms with Crippen LogP contribution < -0.4 is 5.32 Å². The highest BCUT2D eigenvalue weighted by molar-refractivity contribution is 9.10. The van der Waals surface area contributed by atoms with Crippen molar-refractivity contribution in [2.24, 2.45) is 5.92 Å². The van der Waals surface area contributed by atoms with Crippen molar-refractivity contribution in [3.63, 3.8) is 0 Å². The van der Waals surface area contributed by atoms with Crippen LogP contribution in [0, 0.1) is 5.92 Å². The molecule has 1 aromatic carbocycles. The molecule has 0 aromatic heterocycles. The maximum absolute atomic E-state index is 3.61. The molecule has 1 N–H and O–H groups in total. The predicted octanol–water partition coefficient (Wildman–Crippen LogP) is 3.19. The number of hydrogen-bond acceptors (Lipinski definition) is 2. The summed E-state index contributed by atoms with van der Waals surface area (Å²) in [6.45, 7) is 2.40. The smallest absolute Gasteiger partial charge is 0.0392 e. The quantitative estimate of drug-likeness (QED) is 0.919. The standard InChI is InChI=1S/C15H21BrN2/c1-17-10-12-7-8-18(14-5-6-14)15(12)11-3-2-4-13(16)9-11/h2-4,9,12,14-15,17H,5-8,10H2,1H3. The van der Waals surface area contributed by atoms with Gasteiger partial charge >= 0.3 is 0 Å². The van der Waals surface area contributed by atoms with Gasteiger partial charge < -0.3 is 5.32 Å². The Morgan fingerprint density at radius 2 is 2.17 bits per heavy atom. The highest BCUT2D eigenvalue weighted by Gasteiger charge is 2.42. The fourth-order valence-electron chi connectivity index (χ4n) is 3.33. The number of hydrogen-bond donors (Lipinski definition) is 1. The van der Waals surface area contributed by atoms with Gasteiger partial charge in [-0.15, -0.1) is 0 Å². The highest BCUT2D eigenvalue weighted by Crippen LogP contribution is 2.44. The molecule has 2 unspecified atom stereocenters. The van der Waals surface area contributed by atoms with E-state index >= 15 is 0 Å². The minimum absolute atomic E-state index is 0.613. The summed E-state index contributed by atoms with van der Waals surface area (Å²) in [7, 11) is 2.07. The van der Waals surface area contributed by atoms with Crippen LogP contribution in [-0.4, -0.2) is 31.1 Å². The molecular weight excluding hydrogens is 288 g/mol. The molecule has 0 spiro atoms. The molecular formula is C15H21BrN2. The fourth-order valence-corrected chi connectivity index (χ4v) is 3.75. The van der Waals surface area contributed by atoms with Gasteiger partial charge in [0.2, 0.25) is 0 Å². The molecule has 3 rings (SSSR count). The lowest BCUT2D eigenvalue weighted by molar-refractivity contribution is 0.217. The van der Waals surface area contributed by atoms with Crippen LogP contribution in [0.2, 0.25) is 0 Å². The van der Waals surface area contributed by atoms with E-state index in [0.717, 1.165) is 18.5 Å². The van der Waals surface area contributed by atoms with E-state index < -0.39 is 0 Å². The Hall–Kier alpha value is -0.380. The number of nitrogens with one attached hydrogen (secondary N) is 1. The highest BCUT2D eigenvalue weighted by atomic mass is 79.9. The number of nitrogens with zero attached hydrogens (tertiary/aromatic N) is 1. The Bertz CT molecular complexity index is 417. The fraction of sp³-hybridized carbons (Fsp3) is 0.600. The lowest BCUT2D eigenvalue weighted by atomic mass is 9.93. The van der Waals surface area contributed by atoms with E-state index in [9.17, 15) is 0 Å². The molecule has 2 fully saturated rings. The number of rotatable bonds is 4. The van der Waals surface area contributed by atoms with Crippen molar-refractivity contribution >= 4 is 15.9 Å². The lowest BCUT2D eigenvalue weighted by Crippen LogP contribution is -2.30. The minimum Gasteiger partial charge on any atom is -0.319 e. The molecule has 1 heterocycles. The van der Waals surface area contributed by atoms with Gasteiger partial charge in [-0.3, -0.25) is 4.90 Å². The Kier molecular flexibility index (Phi) is 3.73. The Morgan fingerprint density at radius 1 is 1.33 bits per heavy atom. The first-order chi connectivity index (χ1) is 8.79. The summed E-state index contributed by atoms with van der Waals surface area (Å²) < 4.78 is 1.20. The molecule has 1 aliphatic carbocycles. The number of benzene rings is 1. The maximum Gasteiger partial charge on any atom is 0.0392 e. The van der Waals surface area contributed by atoms with Gasteiger partial charge in [0.05, 0.1) is 0 Å². The first kappa shape index (κ1) is 12.6. The summed E-state index contributed by atoms with van der Waals surface area (Å²) in [5.41, 5.74) is 1.48. The predicted molar refractivity (Wildman–Crippen MR) is 78.6 cm³/mol. The van der Waals surface area contributed by atoms with E-state index in [1.165, 1.54) is 35.8 Å². The third kappa shape index (κ3) is 2.49. The number of likely N-dealkylation sites (tertiary alicyclic amines) is 1. The summed E-state index contributed by atoms with van der Waals surface area (Å²) in [6, 6.07) is 10.3. The van der Waals surface area contributed by atoms with Gasteiger partial charge in [0, 0.05) is 16.6 Å². The van der Waals surface area contributed by atoms with Gasteiger partial charge in [-0.1, -0.05) is 28.1 Å². The summed E-state index contributed by atoms with van der Waals surface area (Å²) >= 11 is 3.61. The second-order valence-electron chi connectivity index (χ2n) is 5.58. The Morgan fingerprint density at radius 3 is 2.83 bits per heavy atom. The lowest BCUT2D eigenvalue weighted by Gasteiger charge is -2.29. The van der Waals surface area contributed by atoms with E-state index in [-0.39, 0.29) is 0 Å². The molecule has 98 valence electrons. The molecule has 2 atom stereocenters. The third-order valence-electron chi connectivity index (χ3n) is 4.23. The summed E-state index contributed by atoms with van der Waals surface area (Å²) in [6.07, 6.45) is 4.13. The van der Waals surface area contributed by atoms with Crippen LogP contribution >= 0.6 is 15.9 Å². The van der Waals surface area contributed by atoms with E-state index in [1.807, 2.05) is 0 Å². The third-order valence-corrected chi connectivity index (χ3v) is 4.73. The molecule has 1 aromatic rings. The molecule has 0 amide bonds. The van der Waals surface area contributed by atoms with Crippen molar-refractivity contribution in [3.05, 3.63) is 34.3 Å². The normalized spacial score (nSPS) is 28.8. The molecule has 18 heavy (non-hydrogen) atoms. The maximum atomic E-state index is 3.61. The van der Waals surface area contributed by atoms with Crippen LogP contribution in [0.3, 0.4) is 0 Å². The zero-order chi connectivity index (χ0) is 12.5. The first-order valence-corrected chi connectivity index (χ1v) is 7.74. The van der Waals surface area contributed by atoms with Gasteiger partial charge in [-0.25, -0.2) is 0 Å². The zero-order valence-electron chi connectivity index (χ0n) is 10.9. The second-order valence-corrected chi connectivity index (χ2v) is 6.49. The average molecular weight is 309 g/mol. The van der Waals surface area contributed by atoms with Crippen LogP contribution in [0.4, 0.5) is 0 Å². The molecule has 1 aliphatic heterocycles. The van der Waals surface area contributed by atoms with Gasteiger partial charge in [0.1, 0.15) is 0 Å². The van der Waals surface area contributed by atoms with Crippen molar-refractivity contribution < 1.29 is 0 Å². The molecule has 3 heteroatoms. The minimum atomic E-state index is 0.613. The summed E-state index contributed by atoms with van der Waals surface area (Å²) in [5.74, 6) is 0.755. The number of halogens is 1. The van der Waals surface area contributed by atoms with Gasteiger partial charge in [0.15, 0.2) is 0 Å². The Labute approximate surface area is 118 Å². The SMILES string of the molecule is CNCC1CCN(C2CC2)C1c1cccc(Br)c1. The summed E-state index contributed by atoms with van der Waals surface area (Å²) in [5, 5.41) is 3.37. The molecule has 2 nitrogen and oxygen atoms in total. The largest absolute Gasteiger partial charge is 0.319 e. The van der Waals surface area contributed by atoms with E-state index in [0.29, 0.717) is 6.04 Å². The van der Waals surface area contributed by atoms with Crippen LogP contribution in [0.25, 0.3) is 0 Å². The zero-order valence-corrected chi connectivity index (χ0v) is 12.5. The van der Waals surface area contributed by atoms with Crippen molar-refractivity contribution in [3.8, 4) is 0 Å². The topological polar surface area (TPSA) is 15.3 Å². The van der Waals surface area contributed by atoms with Crippen LogP contribution in [0.5, 0.6) is 0 Å². The second kappa shape index (κ2) is 5.32. The van der Waals surface area contributed by atoms with Crippen molar-refractivity contribution in [2.75, 3.05) is 20.1 Å². The van der Waals surface area contributed by atoms with Crippen molar-refractivity contribution in [1.82, 2.24) is 10.2 Å². The molecule has 2 aliphatic rings. The monoisotopic (exact) mass is 308 g/mol. The van der Waals surface area contributed by atoms with E-state index in [4.69, 9.17) is 0 Å². The molecule has 1 saturated heterocycles. The molecule has 1 saturated carbocycles. The van der Waals surface area contributed by atoms with Gasteiger partial charge in [-0.2, -0.15) is 0 Å². The van der Waals surface area contributed by atoms with E-state index in [2.05, 4.69) is 57.5 Å². The Balaban J connectivity index is 1.87. The van der Waals surface area contributed by atoms with Crippen LogP contribution in [-0.2, 0) is 0 Å². The van der Waals surface area contributed by atoms with Crippen LogP contribution in [0.15, 0.2) is 28.7 Å². The van der Waals surface area contributed by atoms with E-state index in [1.54, 1.807) is 0 Å². The van der Waals surface area contributed by atoms with Crippen molar-refractivity contribution in [2.45, 2.75) is 31.3 Å². The van der Waals surface area contributed by atoms with Crippen molar-refractivity contribution in [1.29, 1.82) is 0 Å². The summed E-state index contributed by atoms with van der Waals surface area (Å²) in [4.78, 5) is 2.74. The molecule has 0 bridgehead atoms. The van der Waals surface area contributed by atoms with Gasteiger partial charge in [-0.05, 0) is 63.0 Å².